The lowest BCUT2D eigenvalue weighted by molar-refractivity contribution is -0.120. The van der Waals surface area contributed by atoms with Gasteiger partial charge >= 0.3 is 0 Å². The third-order valence-corrected chi connectivity index (χ3v) is 7.05. The highest BCUT2D eigenvalue weighted by Gasteiger charge is 2.17. The zero-order valence-corrected chi connectivity index (χ0v) is 17.7. The second-order valence-corrected chi connectivity index (χ2v) is 9.85. The molecule has 2 N–H and O–H groups in total. The van der Waals surface area contributed by atoms with E-state index in [1.54, 1.807) is 41.8 Å². The van der Waals surface area contributed by atoms with Gasteiger partial charge in [0.05, 0.1) is 6.42 Å². The number of nitrogens with one attached hydrogen (secondary N) is 2. The van der Waals surface area contributed by atoms with Crippen LogP contribution in [0.3, 0.4) is 0 Å². The lowest BCUT2D eigenvalue weighted by Gasteiger charge is -2.28. The summed E-state index contributed by atoms with van der Waals surface area (Å²) in [6, 6.07) is 10.4. The Morgan fingerprint density at radius 2 is 1.81 bits per heavy atom. The molecule has 0 aliphatic rings. The average molecular weight is 410 g/mol. The molecule has 0 saturated carbocycles. The smallest absolute Gasteiger partial charge is 0.271 e. The van der Waals surface area contributed by atoms with E-state index in [4.69, 9.17) is 0 Å². The zero-order valence-electron chi connectivity index (χ0n) is 16.1. The molecule has 0 radical (unpaired) electrons. The third-order valence-electron chi connectivity index (χ3n) is 4.27. The number of rotatable bonds is 9. The van der Waals surface area contributed by atoms with Gasteiger partial charge in [0.25, 0.3) is 10.0 Å². The standard InChI is InChI=1S/C19H27N3O3S2/c1-14(2)17(22(3)4)13-20-18(23)12-15-7-9-16(10-8-15)21-27(24,25)19-6-5-11-26-19/h5-11,14,17,21H,12-13H2,1-4H3,(H,20,23). The number of carbonyl (C=O) groups excluding carboxylic acids is 1. The molecule has 1 atom stereocenters. The SMILES string of the molecule is CC(C)C(CNC(=O)Cc1ccc(NS(=O)(=O)c2cccs2)cc1)N(C)C. The highest BCUT2D eigenvalue weighted by atomic mass is 32.2. The Balaban J connectivity index is 1.91. The van der Waals surface area contributed by atoms with Gasteiger partial charge in [-0.1, -0.05) is 32.0 Å². The van der Waals surface area contributed by atoms with E-state index in [2.05, 4.69) is 28.8 Å². The van der Waals surface area contributed by atoms with Gasteiger partial charge in [-0.15, -0.1) is 11.3 Å². The normalized spacial score (nSPS) is 13.0. The molecule has 148 valence electrons. The lowest BCUT2D eigenvalue weighted by atomic mass is 10.0. The number of carbonyl (C=O) groups is 1. The summed E-state index contributed by atoms with van der Waals surface area (Å²) in [5.41, 5.74) is 1.30. The number of sulfonamides is 1. The van der Waals surface area contributed by atoms with Gasteiger partial charge in [0.1, 0.15) is 4.21 Å². The number of nitrogens with zero attached hydrogens (tertiary/aromatic N) is 1. The Hall–Kier alpha value is -1.90. The van der Waals surface area contributed by atoms with Crippen LogP contribution in [0.4, 0.5) is 5.69 Å². The molecule has 1 aromatic heterocycles. The molecule has 1 heterocycles. The number of hydrogen-bond donors (Lipinski definition) is 2. The highest BCUT2D eigenvalue weighted by Crippen LogP contribution is 2.20. The van der Waals surface area contributed by atoms with E-state index in [9.17, 15) is 13.2 Å². The summed E-state index contributed by atoms with van der Waals surface area (Å²) in [6.07, 6.45) is 0.260. The van der Waals surface area contributed by atoms with E-state index in [1.165, 1.54) is 11.3 Å². The fourth-order valence-electron chi connectivity index (χ4n) is 2.79. The molecule has 1 amide bonds. The number of likely N-dealkylation sites (N-methyl/N-ethyl adjacent to an activating group) is 1. The van der Waals surface area contributed by atoms with Crippen LogP contribution in [0.5, 0.6) is 0 Å². The molecule has 0 aliphatic heterocycles. The second kappa shape index (κ2) is 9.34. The number of amides is 1. The molecule has 0 saturated heterocycles. The van der Waals surface area contributed by atoms with E-state index in [0.29, 0.717) is 18.2 Å². The Kier molecular flexibility index (Phi) is 7.41. The maximum absolute atomic E-state index is 12.2. The van der Waals surface area contributed by atoms with Crippen LogP contribution in [0.25, 0.3) is 0 Å². The molecule has 2 aromatic rings. The van der Waals surface area contributed by atoms with Crippen molar-refractivity contribution >= 4 is 33.0 Å². The maximum Gasteiger partial charge on any atom is 0.271 e. The summed E-state index contributed by atoms with van der Waals surface area (Å²) in [6.45, 7) is 4.86. The van der Waals surface area contributed by atoms with Crippen molar-refractivity contribution in [2.24, 2.45) is 5.92 Å². The molecule has 0 aliphatic carbocycles. The van der Waals surface area contributed by atoms with Gasteiger partial charge in [-0.3, -0.25) is 9.52 Å². The quantitative estimate of drug-likeness (QED) is 0.668. The fraction of sp³-hybridized carbons (Fsp3) is 0.421. The van der Waals surface area contributed by atoms with E-state index >= 15 is 0 Å². The first-order valence-electron chi connectivity index (χ1n) is 8.77. The van der Waals surface area contributed by atoms with Crippen LogP contribution in [0.1, 0.15) is 19.4 Å². The van der Waals surface area contributed by atoms with Crippen molar-refractivity contribution in [1.29, 1.82) is 0 Å². The van der Waals surface area contributed by atoms with Gasteiger partial charge in [-0.05, 0) is 49.2 Å². The molecule has 0 fully saturated rings. The van der Waals surface area contributed by atoms with E-state index in [-0.39, 0.29) is 22.6 Å². The second-order valence-electron chi connectivity index (χ2n) is 6.99. The molecule has 2 rings (SSSR count). The van der Waals surface area contributed by atoms with Crippen LogP contribution in [-0.2, 0) is 21.2 Å². The summed E-state index contributed by atoms with van der Waals surface area (Å²) in [4.78, 5) is 14.3. The van der Waals surface area contributed by atoms with Crippen molar-refractivity contribution in [3.8, 4) is 0 Å². The number of thiophene rings is 1. The van der Waals surface area contributed by atoms with Crippen LogP contribution >= 0.6 is 11.3 Å². The molecule has 6 nitrogen and oxygen atoms in total. The van der Waals surface area contributed by atoms with Crippen molar-refractivity contribution in [2.75, 3.05) is 25.4 Å². The molecule has 0 bridgehead atoms. The van der Waals surface area contributed by atoms with E-state index in [1.807, 2.05) is 14.1 Å². The molecular formula is C19H27N3O3S2. The van der Waals surface area contributed by atoms with Crippen molar-refractivity contribution in [3.63, 3.8) is 0 Å². The monoisotopic (exact) mass is 409 g/mol. The van der Waals surface area contributed by atoms with Gasteiger partial charge in [0, 0.05) is 18.3 Å². The topological polar surface area (TPSA) is 78.5 Å². The van der Waals surface area contributed by atoms with E-state index < -0.39 is 10.0 Å². The van der Waals surface area contributed by atoms with Crippen molar-refractivity contribution in [1.82, 2.24) is 10.2 Å². The summed E-state index contributed by atoms with van der Waals surface area (Å²) in [5.74, 6) is 0.394. The maximum atomic E-state index is 12.2. The van der Waals surface area contributed by atoms with E-state index in [0.717, 1.165) is 5.56 Å². The minimum atomic E-state index is -3.56. The molecular weight excluding hydrogens is 382 g/mol. The summed E-state index contributed by atoms with van der Waals surface area (Å²) in [5, 5.41) is 4.69. The van der Waals surface area contributed by atoms with Crippen molar-refractivity contribution < 1.29 is 13.2 Å². The van der Waals surface area contributed by atoms with Crippen molar-refractivity contribution in [2.45, 2.75) is 30.5 Å². The molecule has 27 heavy (non-hydrogen) atoms. The van der Waals surface area contributed by atoms with Crippen LogP contribution < -0.4 is 10.0 Å². The van der Waals surface area contributed by atoms with Crippen LogP contribution in [-0.4, -0.2) is 45.9 Å². The lowest BCUT2D eigenvalue weighted by Crippen LogP contribution is -2.43. The van der Waals surface area contributed by atoms with Gasteiger partial charge in [0.2, 0.25) is 5.91 Å². The average Bonchev–Trinajstić information content (AvgIpc) is 3.11. The van der Waals surface area contributed by atoms with Crippen LogP contribution in [0, 0.1) is 5.92 Å². The summed E-state index contributed by atoms with van der Waals surface area (Å²) >= 11 is 1.17. The summed E-state index contributed by atoms with van der Waals surface area (Å²) < 4.78 is 27.2. The minimum Gasteiger partial charge on any atom is -0.354 e. The van der Waals surface area contributed by atoms with Gasteiger partial charge in [0.15, 0.2) is 0 Å². The minimum absolute atomic E-state index is 0.0468. The van der Waals surface area contributed by atoms with Gasteiger partial charge in [-0.2, -0.15) is 0 Å². The molecule has 0 spiro atoms. The predicted octanol–water partition coefficient (Wildman–Crippen LogP) is 2.79. The largest absolute Gasteiger partial charge is 0.354 e. The number of benzene rings is 1. The Labute approximate surface area is 165 Å². The van der Waals surface area contributed by atoms with Crippen LogP contribution in [0.15, 0.2) is 46.0 Å². The Morgan fingerprint density at radius 3 is 2.33 bits per heavy atom. The highest BCUT2D eigenvalue weighted by molar-refractivity contribution is 7.94. The van der Waals surface area contributed by atoms with Crippen LogP contribution in [0.2, 0.25) is 0 Å². The fourth-order valence-corrected chi connectivity index (χ4v) is 4.84. The Bertz CT molecular complexity index is 822. The predicted molar refractivity (Wildman–Crippen MR) is 111 cm³/mol. The first-order chi connectivity index (χ1) is 12.7. The molecule has 1 aromatic carbocycles. The van der Waals surface area contributed by atoms with Gasteiger partial charge in [-0.25, -0.2) is 8.42 Å². The van der Waals surface area contributed by atoms with Crippen molar-refractivity contribution in [3.05, 3.63) is 47.3 Å². The third kappa shape index (κ3) is 6.34. The number of hydrogen-bond acceptors (Lipinski definition) is 5. The Morgan fingerprint density at radius 1 is 1.15 bits per heavy atom. The first-order valence-corrected chi connectivity index (χ1v) is 11.1. The molecule has 8 heteroatoms. The first kappa shape index (κ1) is 21.4. The molecule has 1 unspecified atom stereocenters. The van der Waals surface area contributed by atoms with Gasteiger partial charge < -0.3 is 10.2 Å². The number of anilines is 1. The summed E-state index contributed by atoms with van der Waals surface area (Å²) in [7, 11) is 0.458. The zero-order chi connectivity index (χ0) is 20.0.